The Morgan fingerprint density at radius 2 is 1.00 bits per heavy atom. The molecule has 0 unspecified atom stereocenters. The first-order valence-electron chi connectivity index (χ1n) is 8.80. The van der Waals surface area contributed by atoms with Crippen molar-refractivity contribution in [3.05, 3.63) is 53.6 Å². The van der Waals surface area contributed by atoms with Gasteiger partial charge in [0, 0.05) is 10.8 Å². The molecule has 0 nitrogen and oxygen atoms in total. The SMILES string of the molecule is CC(C)(C)C#Cc1ccc2c(c1)[cH-]c1cc(C#CC(C)(C)C)ccc12.[Cl-].[Cl-].[Zr+3]. The predicted octanol–water partition coefficient (Wildman–Crippen LogP) is 0.513. The third kappa shape index (κ3) is 7.05. The number of benzene rings is 2. The summed E-state index contributed by atoms with van der Waals surface area (Å²) < 4.78 is 0. The van der Waals surface area contributed by atoms with Crippen LogP contribution in [0.15, 0.2) is 42.5 Å². The van der Waals surface area contributed by atoms with Crippen molar-refractivity contribution in [3.63, 3.8) is 0 Å². The van der Waals surface area contributed by atoms with Crippen molar-refractivity contribution < 1.29 is 51.0 Å². The molecule has 0 N–H and O–H groups in total. The molecule has 3 aromatic carbocycles. The number of halogens is 2. The van der Waals surface area contributed by atoms with E-state index in [0.29, 0.717) is 0 Å². The standard InChI is InChI=1S/C25H25.2ClH.Zr/c1-24(2,3)13-11-18-7-9-22-20(15-18)17-21-16-19(8-10-23(21)22)12-14-25(4,5)6;;;/h7-10,15-17H,1-6H3;2*1H;/q-1;;;+3/p-2. The molecule has 0 atom stereocenters. The van der Waals surface area contributed by atoms with Gasteiger partial charge in [-0.2, -0.15) is 0 Å². The Labute approximate surface area is 201 Å². The third-order valence-corrected chi connectivity index (χ3v) is 3.87. The Morgan fingerprint density at radius 1 is 0.643 bits per heavy atom. The van der Waals surface area contributed by atoms with Crippen LogP contribution in [0.3, 0.4) is 0 Å². The van der Waals surface area contributed by atoms with Crippen molar-refractivity contribution in [1.29, 1.82) is 0 Å². The van der Waals surface area contributed by atoms with Crippen molar-refractivity contribution in [2.24, 2.45) is 10.8 Å². The second-order valence-corrected chi connectivity index (χ2v) is 8.75. The van der Waals surface area contributed by atoms with Gasteiger partial charge in [-0.25, -0.2) is 0 Å². The minimum Gasteiger partial charge on any atom is -1.00 e. The maximum absolute atomic E-state index is 3.31. The van der Waals surface area contributed by atoms with Crippen LogP contribution in [0.1, 0.15) is 52.7 Å². The molecule has 0 fully saturated rings. The van der Waals surface area contributed by atoms with Crippen LogP contribution in [0.4, 0.5) is 0 Å². The van der Waals surface area contributed by atoms with Crippen LogP contribution >= 0.6 is 0 Å². The zero-order valence-electron chi connectivity index (χ0n) is 17.3. The average Bonchev–Trinajstić information content (AvgIpc) is 2.86. The molecule has 1 radical (unpaired) electrons. The van der Waals surface area contributed by atoms with Gasteiger partial charge in [0.15, 0.2) is 0 Å². The van der Waals surface area contributed by atoms with Crippen LogP contribution in [0, 0.1) is 34.5 Å². The van der Waals surface area contributed by atoms with E-state index in [9.17, 15) is 0 Å². The number of hydrogen-bond acceptors (Lipinski definition) is 0. The molecular formula is C25H25Cl2Zr. The molecular weight excluding hydrogens is 462 g/mol. The molecule has 0 aliphatic heterocycles. The van der Waals surface area contributed by atoms with Crippen LogP contribution in [0.5, 0.6) is 0 Å². The average molecular weight is 488 g/mol. The Kier molecular flexibility index (Phi) is 9.68. The fourth-order valence-electron chi connectivity index (χ4n) is 2.70. The summed E-state index contributed by atoms with van der Waals surface area (Å²) in [5, 5.41) is 5.06. The Balaban J connectivity index is 0.00000243. The second kappa shape index (κ2) is 10.1. The van der Waals surface area contributed by atoms with Gasteiger partial charge >= 0.3 is 26.2 Å². The van der Waals surface area contributed by atoms with E-state index in [1.807, 2.05) is 0 Å². The number of fused-ring (bicyclic) bond motifs is 3. The van der Waals surface area contributed by atoms with Gasteiger partial charge in [-0.15, -0.1) is 39.7 Å². The third-order valence-electron chi connectivity index (χ3n) is 3.87. The molecule has 0 aliphatic rings. The largest absolute Gasteiger partial charge is 3.00 e. The van der Waals surface area contributed by atoms with Gasteiger partial charge in [0.25, 0.3) is 0 Å². The van der Waals surface area contributed by atoms with E-state index in [1.54, 1.807) is 0 Å². The summed E-state index contributed by atoms with van der Waals surface area (Å²) in [4.78, 5) is 0. The molecule has 0 aromatic heterocycles. The first-order valence-corrected chi connectivity index (χ1v) is 8.80. The summed E-state index contributed by atoms with van der Waals surface area (Å²) in [7, 11) is 0. The molecule has 0 bridgehead atoms. The molecule has 0 aliphatic carbocycles. The summed E-state index contributed by atoms with van der Waals surface area (Å²) in [6.07, 6.45) is 0. The molecule has 28 heavy (non-hydrogen) atoms. The summed E-state index contributed by atoms with van der Waals surface area (Å²) in [6, 6.07) is 15.2. The minimum atomic E-state index is 0. The van der Waals surface area contributed by atoms with Gasteiger partial charge in [0.05, 0.1) is 0 Å². The second-order valence-electron chi connectivity index (χ2n) is 8.75. The van der Waals surface area contributed by atoms with E-state index in [-0.39, 0.29) is 61.8 Å². The van der Waals surface area contributed by atoms with Crippen molar-refractivity contribution in [2.75, 3.05) is 0 Å². The zero-order valence-corrected chi connectivity index (χ0v) is 21.3. The molecule has 0 saturated carbocycles. The molecule has 0 spiro atoms. The van der Waals surface area contributed by atoms with Crippen LogP contribution in [0.2, 0.25) is 0 Å². The molecule has 3 aromatic rings. The Bertz CT molecular complexity index is 983. The van der Waals surface area contributed by atoms with Crippen LogP contribution < -0.4 is 24.8 Å². The summed E-state index contributed by atoms with van der Waals surface area (Å²) in [5.41, 5.74) is 2.19. The molecule has 3 heteroatoms. The van der Waals surface area contributed by atoms with Gasteiger partial charge < -0.3 is 24.8 Å². The van der Waals surface area contributed by atoms with E-state index < -0.39 is 0 Å². The van der Waals surface area contributed by atoms with Gasteiger partial charge in [-0.1, -0.05) is 47.9 Å². The smallest absolute Gasteiger partial charge is 1.00 e. The van der Waals surface area contributed by atoms with E-state index in [0.717, 1.165) is 11.1 Å². The topological polar surface area (TPSA) is 0 Å². The van der Waals surface area contributed by atoms with Gasteiger partial charge in [0.1, 0.15) is 0 Å². The molecule has 3 rings (SSSR count). The fourth-order valence-corrected chi connectivity index (χ4v) is 2.70. The van der Waals surface area contributed by atoms with Crippen LogP contribution in [-0.4, -0.2) is 0 Å². The molecule has 0 amide bonds. The van der Waals surface area contributed by atoms with E-state index in [4.69, 9.17) is 0 Å². The summed E-state index contributed by atoms with van der Waals surface area (Å²) in [6.45, 7) is 12.8. The maximum Gasteiger partial charge on any atom is 3.00 e. The normalized spacial score (nSPS) is 10.5. The minimum absolute atomic E-state index is 0. The summed E-state index contributed by atoms with van der Waals surface area (Å²) >= 11 is 0. The Hall–Kier alpha value is -1.11. The summed E-state index contributed by atoms with van der Waals surface area (Å²) in [5.74, 6) is 13.2. The predicted molar refractivity (Wildman–Crippen MR) is 110 cm³/mol. The van der Waals surface area contributed by atoms with Crippen molar-refractivity contribution in [2.45, 2.75) is 41.5 Å². The fraction of sp³-hybridized carbons (Fsp3) is 0.320. The van der Waals surface area contributed by atoms with Crippen molar-refractivity contribution >= 4 is 21.5 Å². The quantitative estimate of drug-likeness (QED) is 0.320. The van der Waals surface area contributed by atoms with Crippen LogP contribution in [-0.2, 0) is 26.2 Å². The molecule has 0 saturated heterocycles. The van der Waals surface area contributed by atoms with Crippen LogP contribution in [0.25, 0.3) is 21.5 Å². The Morgan fingerprint density at radius 3 is 1.32 bits per heavy atom. The van der Waals surface area contributed by atoms with E-state index in [1.165, 1.54) is 21.5 Å². The van der Waals surface area contributed by atoms with Gasteiger partial charge in [-0.05, 0) is 52.7 Å². The number of rotatable bonds is 0. The van der Waals surface area contributed by atoms with E-state index in [2.05, 4.69) is 108 Å². The van der Waals surface area contributed by atoms with Crippen molar-refractivity contribution in [3.8, 4) is 23.7 Å². The number of hydrogen-bond donors (Lipinski definition) is 0. The van der Waals surface area contributed by atoms with Gasteiger partial charge in [0.2, 0.25) is 0 Å². The first-order chi connectivity index (χ1) is 11.6. The molecule has 143 valence electrons. The van der Waals surface area contributed by atoms with Crippen molar-refractivity contribution in [1.82, 2.24) is 0 Å². The maximum atomic E-state index is 3.31. The first kappa shape index (κ1) is 26.9. The zero-order chi connectivity index (χ0) is 18.2. The monoisotopic (exact) mass is 485 g/mol. The van der Waals surface area contributed by atoms with E-state index >= 15 is 0 Å². The van der Waals surface area contributed by atoms with Gasteiger partial charge in [-0.3, -0.25) is 0 Å². The molecule has 0 heterocycles.